The number of aliphatic hydroxyl groups excluding tert-OH is 1. The minimum absolute atomic E-state index is 0.134. The molecule has 2 aliphatic rings. The summed E-state index contributed by atoms with van der Waals surface area (Å²) in [5, 5.41) is 12.1. The lowest BCUT2D eigenvalue weighted by Gasteiger charge is -2.24. The van der Waals surface area contributed by atoms with Gasteiger partial charge in [0, 0.05) is 19.9 Å². The van der Waals surface area contributed by atoms with E-state index < -0.39 is 18.3 Å². The first-order valence-corrected chi connectivity index (χ1v) is 5.67. The van der Waals surface area contributed by atoms with Crippen LogP contribution in [0.15, 0.2) is 12.2 Å². The molecule has 0 aromatic heterocycles. The maximum absolute atomic E-state index is 11.2. The van der Waals surface area contributed by atoms with Crippen LogP contribution >= 0.6 is 0 Å². The van der Waals surface area contributed by atoms with E-state index in [-0.39, 0.29) is 19.0 Å². The maximum Gasteiger partial charge on any atom is 0.407 e. The van der Waals surface area contributed by atoms with Gasteiger partial charge in [-0.15, -0.1) is 0 Å². The summed E-state index contributed by atoms with van der Waals surface area (Å²) in [5.74, 6) is 0. The molecule has 6 heteroatoms. The Bertz CT molecular complexity index is 306. The number of hydrogen-bond acceptors (Lipinski definition) is 5. The molecule has 0 aromatic carbocycles. The summed E-state index contributed by atoms with van der Waals surface area (Å²) in [5.41, 5.74) is 0. The lowest BCUT2D eigenvalue weighted by atomic mass is 9.97. The number of carbonyl (C=O) groups excluding carboxylic acids is 1. The van der Waals surface area contributed by atoms with Crippen molar-refractivity contribution in [3.8, 4) is 0 Å². The minimum atomic E-state index is -0.597. The van der Waals surface area contributed by atoms with E-state index in [0.29, 0.717) is 12.8 Å². The van der Waals surface area contributed by atoms with Crippen LogP contribution in [-0.2, 0) is 14.2 Å². The van der Waals surface area contributed by atoms with Crippen molar-refractivity contribution in [2.75, 3.05) is 13.8 Å². The number of amides is 1. The fourth-order valence-corrected chi connectivity index (χ4v) is 2.03. The Kier molecular flexibility index (Phi) is 3.98. The standard InChI is InChI=1S/C11H17NO5/c1-12-11(14)17-8-3-2-7(13)4-9-10(5-8)16-6-15-9/h2-3,7-10,13H,4-6H2,1H3,(H,12,14)/b3-2+. The Morgan fingerprint density at radius 1 is 1.35 bits per heavy atom. The van der Waals surface area contributed by atoms with Crippen molar-refractivity contribution in [1.29, 1.82) is 0 Å². The van der Waals surface area contributed by atoms with Gasteiger partial charge in [0.2, 0.25) is 0 Å². The molecule has 1 amide bonds. The highest BCUT2D eigenvalue weighted by atomic mass is 16.7. The quantitative estimate of drug-likeness (QED) is 0.642. The van der Waals surface area contributed by atoms with Gasteiger partial charge in [0.05, 0.1) is 18.3 Å². The molecule has 1 aliphatic heterocycles. The Balaban J connectivity index is 2.02. The van der Waals surface area contributed by atoms with Gasteiger partial charge in [0.25, 0.3) is 0 Å². The second-order valence-electron chi connectivity index (χ2n) is 4.15. The van der Waals surface area contributed by atoms with Crippen molar-refractivity contribution in [3.63, 3.8) is 0 Å². The van der Waals surface area contributed by atoms with E-state index >= 15 is 0 Å². The highest BCUT2D eigenvalue weighted by molar-refractivity contribution is 5.67. The molecular formula is C11H17NO5. The molecule has 0 saturated carbocycles. The molecule has 1 aliphatic carbocycles. The highest BCUT2D eigenvalue weighted by Crippen LogP contribution is 2.25. The molecule has 0 aromatic rings. The molecule has 4 unspecified atom stereocenters. The number of carbonyl (C=O) groups is 1. The second-order valence-corrected chi connectivity index (χ2v) is 4.15. The molecule has 4 atom stereocenters. The number of fused-ring (bicyclic) bond motifs is 1. The van der Waals surface area contributed by atoms with Gasteiger partial charge in [-0.25, -0.2) is 4.79 Å². The van der Waals surface area contributed by atoms with E-state index in [1.165, 1.54) is 7.05 Å². The van der Waals surface area contributed by atoms with Crippen molar-refractivity contribution in [3.05, 3.63) is 12.2 Å². The number of aliphatic hydroxyl groups is 1. The molecule has 0 radical (unpaired) electrons. The zero-order valence-corrected chi connectivity index (χ0v) is 9.67. The fourth-order valence-electron chi connectivity index (χ4n) is 2.03. The molecule has 1 fully saturated rings. The molecular weight excluding hydrogens is 226 g/mol. The van der Waals surface area contributed by atoms with E-state index in [4.69, 9.17) is 14.2 Å². The second kappa shape index (κ2) is 5.48. The van der Waals surface area contributed by atoms with Gasteiger partial charge < -0.3 is 24.6 Å². The van der Waals surface area contributed by atoms with Crippen LogP contribution in [0.25, 0.3) is 0 Å². The van der Waals surface area contributed by atoms with Crippen LogP contribution in [0.3, 0.4) is 0 Å². The molecule has 6 nitrogen and oxygen atoms in total. The smallest absolute Gasteiger partial charge is 0.407 e. The van der Waals surface area contributed by atoms with Crippen LogP contribution in [0.1, 0.15) is 12.8 Å². The largest absolute Gasteiger partial charge is 0.442 e. The van der Waals surface area contributed by atoms with Crippen LogP contribution in [0.5, 0.6) is 0 Å². The lowest BCUT2D eigenvalue weighted by Crippen LogP contribution is -2.35. The average molecular weight is 243 g/mol. The molecule has 2 N–H and O–H groups in total. The van der Waals surface area contributed by atoms with E-state index in [2.05, 4.69) is 5.32 Å². The molecule has 1 saturated heterocycles. The zero-order chi connectivity index (χ0) is 12.3. The molecule has 0 spiro atoms. The van der Waals surface area contributed by atoms with Crippen molar-refractivity contribution >= 4 is 6.09 Å². The minimum Gasteiger partial charge on any atom is -0.442 e. The van der Waals surface area contributed by atoms with Crippen molar-refractivity contribution in [2.45, 2.75) is 37.3 Å². The number of rotatable bonds is 1. The van der Waals surface area contributed by atoms with Gasteiger partial charge in [-0.2, -0.15) is 0 Å². The average Bonchev–Trinajstić information content (AvgIpc) is 2.70. The van der Waals surface area contributed by atoms with Crippen molar-refractivity contribution in [2.24, 2.45) is 0 Å². The monoisotopic (exact) mass is 243 g/mol. The summed E-state index contributed by atoms with van der Waals surface area (Å²) in [6, 6.07) is 0. The Labute approximate surface area is 99.5 Å². The van der Waals surface area contributed by atoms with E-state index in [1.54, 1.807) is 12.2 Å². The summed E-state index contributed by atoms with van der Waals surface area (Å²) in [4.78, 5) is 11.2. The van der Waals surface area contributed by atoms with E-state index in [1.807, 2.05) is 0 Å². The third-order valence-corrected chi connectivity index (χ3v) is 2.93. The number of ether oxygens (including phenoxy) is 3. The highest BCUT2D eigenvalue weighted by Gasteiger charge is 2.34. The molecule has 1 heterocycles. The third-order valence-electron chi connectivity index (χ3n) is 2.93. The molecule has 17 heavy (non-hydrogen) atoms. The number of nitrogens with one attached hydrogen (secondary N) is 1. The van der Waals surface area contributed by atoms with Gasteiger partial charge in [0.15, 0.2) is 0 Å². The van der Waals surface area contributed by atoms with Crippen LogP contribution in [-0.4, -0.2) is 49.5 Å². The Hall–Kier alpha value is -1.11. The van der Waals surface area contributed by atoms with Crippen LogP contribution in [0.2, 0.25) is 0 Å². The fraction of sp³-hybridized carbons (Fsp3) is 0.727. The van der Waals surface area contributed by atoms with Gasteiger partial charge in [-0.1, -0.05) is 6.08 Å². The van der Waals surface area contributed by atoms with Gasteiger partial charge >= 0.3 is 6.09 Å². The molecule has 96 valence electrons. The molecule has 0 bridgehead atoms. The van der Waals surface area contributed by atoms with E-state index in [9.17, 15) is 9.90 Å². The number of alkyl carbamates (subject to hydrolysis) is 1. The Morgan fingerprint density at radius 2 is 2.06 bits per heavy atom. The van der Waals surface area contributed by atoms with Crippen molar-refractivity contribution < 1.29 is 24.1 Å². The first kappa shape index (κ1) is 12.3. The summed E-state index contributed by atoms with van der Waals surface area (Å²) < 4.78 is 15.9. The lowest BCUT2D eigenvalue weighted by molar-refractivity contribution is 0.0276. The Morgan fingerprint density at radius 3 is 2.76 bits per heavy atom. The summed E-state index contributed by atoms with van der Waals surface area (Å²) in [6.07, 6.45) is 2.61. The predicted octanol–water partition coefficient (Wildman–Crippen LogP) is 0.163. The summed E-state index contributed by atoms with van der Waals surface area (Å²) in [7, 11) is 1.50. The van der Waals surface area contributed by atoms with Gasteiger partial charge in [-0.3, -0.25) is 0 Å². The normalized spacial score (nSPS) is 38.7. The van der Waals surface area contributed by atoms with Gasteiger partial charge in [-0.05, 0) is 6.08 Å². The predicted molar refractivity (Wildman–Crippen MR) is 58.3 cm³/mol. The van der Waals surface area contributed by atoms with E-state index in [0.717, 1.165) is 0 Å². The summed E-state index contributed by atoms with van der Waals surface area (Å²) in [6.45, 7) is 0.231. The van der Waals surface area contributed by atoms with Gasteiger partial charge in [0.1, 0.15) is 12.9 Å². The SMILES string of the molecule is CNC(=O)OC1/C=C/C(O)CC2OCOC2C1. The molecule has 2 rings (SSSR count). The third kappa shape index (κ3) is 3.18. The summed E-state index contributed by atoms with van der Waals surface area (Å²) >= 11 is 0. The zero-order valence-electron chi connectivity index (χ0n) is 9.67. The maximum atomic E-state index is 11.2. The first-order chi connectivity index (χ1) is 8.19. The number of hydrogen-bond donors (Lipinski definition) is 2. The van der Waals surface area contributed by atoms with Crippen LogP contribution in [0, 0.1) is 0 Å². The topological polar surface area (TPSA) is 77.0 Å². The first-order valence-electron chi connectivity index (χ1n) is 5.67. The van der Waals surface area contributed by atoms with Crippen LogP contribution in [0.4, 0.5) is 4.79 Å². The van der Waals surface area contributed by atoms with Crippen molar-refractivity contribution in [1.82, 2.24) is 5.32 Å². The van der Waals surface area contributed by atoms with Crippen LogP contribution < -0.4 is 5.32 Å².